The summed E-state index contributed by atoms with van der Waals surface area (Å²) in [5, 5.41) is 7.80. The quantitative estimate of drug-likeness (QED) is 0.254. The number of nitrogen functional groups attached to an aromatic ring is 1. The van der Waals surface area contributed by atoms with E-state index in [1.54, 1.807) is 18.2 Å². The van der Waals surface area contributed by atoms with Crippen LogP contribution in [0.1, 0.15) is 44.6 Å². The number of fused-ring (bicyclic) bond motifs is 1. The molecule has 34 heavy (non-hydrogen) atoms. The van der Waals surface area contributed by atoms with Crippen molar-refractivity contribution in [3.8, 4) is 29.1 Å². The van der Waals surface area contributed by atoms with Crippen LogP contribution < -0.4 is 19.9 Å². The van der Waals surface area contributed by atoms with Crippen LogP contribution in [0.15, 0.2) is 42.5 Å². The molecule has 0 amide bonds. The fourth-order valence-electron chi connectivity index (χ4n) is 3.48. The van der Waals surface area contributed by atoms with Gasteiger partial charge in [-0.05, 0) is 37.5 Å². The van der Waals surface area contributed by atoms with Crippen molar-refractivity contribution in [3.05, 3.63) is 59.4 Å². The van der Waals surface area contributed by atoms with E-state index in [1.807, 2.05) is 38.1 Å². The number of aryl methyl sites for hydroxylation is 1. The van der Waals surface area contributed by atoms with Crippen LogP contribution in [-0.4, -0.2) is 32.4 Å². The summed E-state index contributed by atoms with van der Waals surface area (Å²) < 4.78 is 17.8. The molecular weight excluding hydrogens is 432 g/mol. The number of aromatic amines is 1. The number of nitrogens with two attached hydrogens (primary N) is 1. The fraction of sp³-hybridized carbons (Fsp3) is 0.280. The van der Waals surface area contributed by atoms with Crippen molar-refractivity contribution in [3.63, 3.8) is 0 Å². The van der Waals surface area contributed by atoms with E-state index < -0.39 is 0 Å². The van der Waals surface area contributed by atoms with E-state index in [-0.39, 0.29) is 23.1 Å². The zero-order chi connectivity index (χ0) is 24.5. The Hall–Kier alpha value is -4.14. The predicted octanol–water partition coefficient (Wildman–Crippen LogP) is 5.23. The molecule has 176 valence electrons. The van der Waals surface area contributed by atoms with Crippen LogP contribution >= 0.6 is 0 Å². The van der Waals surface area contributed by atoms with Gasteiger partial charge in [-0.1, -0.05) is 39.0 Å². The van der Waals surface area contributed by atoms with Gasteiger partial charge in [-0.25, -0.2) is 4.98 Å². The van der Waals surface area contributed by atoms with Gasteiger partial charge in [0.2, 0.25) is 0 Å². The second-order valence-corrected chi connectivity index (χ2v) is 8.82. The SMILES string of the molecule is CCOc1cccc(Oc2nc(Oc3cc(C(=N)N)ccc3C(C)(C)C)nc3[nH]c(C)nc23)c1. The third-order valence-corrected chi connectivity index (χ3v) is 5.04. The first-order chi connectivity index (χ1) is 16.1. The summed E-state index contributed by atoms with van der Waals surface area (Å²) in [5.74, 6) is 2.62. The number of nitrogens with zero attached hydrogens (tertiary/aromatic N) is 3. The Balaban J connectivity index is 1.77. The zero-order valence-electron chi connectivity index (χ0n) is 19.9. The molecule has 4 aromatic rings. The van der Waals surface area contributed by atoms with E-state index in [0.717, 1.165) is 5.56 Å². The predicted molar refractivity (Wildman–Crippen MR) is 130 cm³/mol. The molecule has 9 nitrogen and oxygen atoms in total. The summed E-state index contributed by atoms with van der Waals surface area (Å²) in [6.07, 6.45) is 0. The van der Waals surface area contributed by atoms with E-state index in [4.69, 9.17) is 25.4 Å². The Morgan fingerprint density at radius 2 is 1.79 bits per heavy atom. The number of hydrogen-bond acceptors (Lipinski definition) is 7. The number of H-pyrrole nitrogens is 1. The van der Waals surface area contributed by atoms with E-state index in [2.05, 4.69) is 40.7 Å². The van der Waals surface area contributed by atoms with Crippen LogP contribution in [0.4, 0.5) is 0 Å². The maximum absolute atomic E-state index is 7.80. The molecule has 4 rings (SSSR count). The molecule has 0 saturated carbocycles. The number of aromatic nitrogens is 4. The minimum atomic E-state index is -0.224. The standard InChI is InChI=1S/C25H28N6O3/c1-6-32-16-8-7-9-17(13-16)33-23-20-22(29-14(2)28-20)30-24(31-23)34-19-12-15(21(26)27)10-11-18(19)25(3,4)5/h7-13H,6H2,1-5H3,(H3,26,27)(H,28,29,30,31). The van der Waals surface area contributed by atoms with Gasteiger partial charge in [-0.2, -0.15) is 9.97 Å². The van der Waals surface area contributed by atoms with Crippen LogP contribution in [0.25, 0.3) is 11.2 Å². The van der Waals surface area contributed by atoms with Crippen molar-refractivity contribution in [2.75, 3.05) is 6.61 Å². The lowest BCUT2D eigenvalue weighted by atomic mass is 9.85. The van der Waals surface area contributed by atoms with E-state index in [1.165, 1.54) is 0 Å². The Labute approximate surface area is 197 Å². The normalized spacial score (nSPS) is 11.4. The summed E-state index contributed by atoms with van der Waals surface area (Å²) in [5.41, 5.74) is 7.93. The summed E-state index contributed by atoms with van der Waals surface area (Å²) >= 11 is 0. The lowest BCUT2D eigenvalue weighted by Crippen LogP contribution is -2.16. The number of imidazole rings is 1. The van der Waals surface area contributed by atoms with Gasteiger partial charge in [-0.3, -0.25) is 5.41 Å². The average molecular weight is 461 g/mol. The molecule has 2 heterocycles. The summed E-state index contributed by atoms with van der Waals surface area (Å²) in [4.78, 5) is 16.6. The zero-order valence-corrected chi connectivity index (χ0v) is 19.9. The number of hydrogen-bond donors (Lipinski definition) is 3. The van der Waals surface area contributed by atoms with E-state index in [0.29, 0.717) is 46.4 Å². The van der Waals surface area contributed by atoms with Crippen LogP contribution in [0.3, 0.4) is 0 Å². The third kappa shape index (κ3) is 4.93. The van der Waals surface area contributed by atoms with Crippen molar-refractivity contribution in [2.45, 2.75) is 40.0 Å². The van der Waals surface area contributed by atoms with Gasteiger partial charge in [0.05, 0.1) is 6.61 Å². The first kappa shape index (κ1) is 23.0. The van der Waals surface area contributed by atoms with Crippen molar-refractivity contribution in [1.82, 2.24) is 19.9 Å². The maximum atomic E-state index is 7.80. The monoisotopic (exact) mass is 460 g/mol. The minimum Gasteiger partial charge on any atom is -0.494 e. The van der Waals surface area contributed by atoms with Crippen LogP contribution in [0.5, 0.6) is 29.1 Å². The smallest absolute Gasteiger partial charge is 0.327 e. The van der Waals surface area contributed by atoms with Crippen LogP contribution in [-0.2, 0) is 5.41 Å². The molecule has 0 atom stereocenters. The van der Waals surface area contributed by atoms with Gasteiger partial charge in [0.1, 0.15) is 28.9 Å². The highest BCUT2D eigenvalue weighted by Gasteiger charge is 2.22. The first-order valence-corrected chi connectivity index (χ1v) is 11.0. The van der Waals surface area contributed by atoms with Crippen molar-refractivity contribution >= 4 is 17.0 Å². The van der Waals surface area contributed by atoms with Crippen molar-refractivity contribution in [2.24, 2.45) is 5.73 Å². The first-order valence-electron chi connectivity index (χ1n) is 11.0. The topological polar surface area (TPSA) is 132 Å². The molecule has 0 aliphatic carbocycles. The molecule has 0 aliphatic heterocycles. The van der Waals surface area contributed by atoms with Gasteiger partial charge in [0.15, 0.2) is 11.2 Å². The number of ether oxygens (including phenoxy) is 3. The van der Waals surface area contributed by atoms with Crippen molar-refractivity contribution in [1.29, 1.82) is 5.41 Å². The third-order valence-electron chi connectivity index (χ3n) is 5.04. The number of rotatable bonds is 7. The molecule has 2 aromatic carbocycles. The molecule has 0 bridgehead atoms. The average Bonchev–Trinajstić information content (AvgIpc) is 3.14. The Morgan fingerprint density at radius 1 is 1.03 bits per heavy atom. The summed E-state index contributed by atoms with van der Waals surface area (Å²) in [6.45, 7) is 10.5. The molecule has 0 aliphatic rings. The highest BCUT2D eigenvalue weighted by Crippen LogP contribution is 2.36. The second-order valence-electron chi connectivity index (χ2n) is 8.82. The number of amidine groups is 1. The second kappa shape index (κ2) is 9.01. The van der Waals surface area contributed by atoms with Gasteiger partial charge >= 0.3 is 6.01 Å². The minimum absolute atomic E-state index is 0.0518. The molecule has 4 N–H and O–H groups in total. The molecule has 0 unspecified atom stereocenters. The Kier molecular flexibility index (Phi) is 6.10. The fourth-order valence-corrected chi connectivity index (χ4v) is 3.48. The molecule has 0 fully saturated rings. The highest BCUT2D eigenvalue weighted by atomic mass is 16.5. The summed E-state index contributed by atoms with van der Waals surface area (Å²) in [6, 6.07) is 12.8. The molecule has 0 saturated heterocycles. The number of benzene rings is 2. The molecular formula is C25H28N6O3. The molecule has 2 aromatic heterocycles. The molecule has 0 radical (unpaired) electrons. The highest BCUT2D eigenvalue weighted by molar-refractivity contribution is 5.95. The lowest BCUT2D eigenvalue weighted by Gasteiger charge is -2.22. The van der Waals surface area contributed by atoms with Crippen molar-refractivity contribution < 1.29 is 14.2 Å². The van der Waals surface area contributed by atoms with Gasteiger partial charge in [0.25, 0.3) is 5.88 Å². The van der Waals surface area contributed by atoms with Gasteiger partial charge in [0, 0.05) is 17.2 Å². The lowest BCUT2D eigenvalue weighted by molar-refractivity contribution is 0.337. The van der Waals surface area contributed by atoms with Crippen LogP contribution in [0, 0.1) is 12.3 Å². The van der Waals surface area contributed by atoms with E-state index in [9.17, 15) is 0 Å². The number of nitrogens with one attached hydrogen (secondary N) is 2. The Bertz CT molecular complexity index is 1360. The largest absolute Gasteiger partial charge is 0.494 e. The van der Waals surface area contributed by atoms with Crippen LogP contribution in [0.2, 0.25) is 0 Å². The maximum Gasteiger partial charge on any atom is 0.327 e. The molecule has 9 heteroatoms. The van der Waals surface area contributed by atoms with E-state index >= 15 is 0 Å². The molecule has 0 spiro atoms. The van der Waals surface area contributed by atoms with Gasteiger partial charge in [-0.15, -0.1) is 0 Å². The van der Waals surface area contributed by atoms with Gasteiger partial charge < -0.3 is 24.9 Å². The Morgan fingerprint density at radius 3 is 2.50 bits per heavy atom. The summed E-state index contributed by atoms with van der Waals surface area (Å²) in [7, 11) is 0.